The summed E-state index contributed by atoms with van der Waals surface area (Å²) in [6.07, 6.45) is 2.23. The van der Waals surface area contributed by atoms with Crippen molar-refractivity contribution in [1.82, 2.24) is 9.78 Å². The van der Waals surface area contributed by atoms with Crippen molar-refractivity contribution in [2.45, 2.75) is 39.3 Å². The molecule has 1 aliphatic heterocycles. The second-order valence-corrected chi connectivity index (χ2v) is 6.45. The molecule has 1 unspecified atom stereocenters. The van der Waals surface area contributed by atoms with Crippen LogP contribution in [0.2, 0.25) is 0 Å². The third kappa shape index (κ3) is 4.62. The maximum Gasteiger partial charge on any atom is 0.312 e. The molecule has 1 saturated heterocycles. The number of nitrogens with one attached hydrogen (secondary N) is 1. The van der Waals surface area contributed by atoms with Crippen molar-refractivity contribution >= 4 is 17.3 Å². The van der Waals surface area contributed by atoms with Gasteiger partial charge in [0.05, 0.1) is 11.0 Å². The van der Waals surface area contributed by atoms with Crippen LogP contribution in [0, 0.1) is 24.0 Å². The third-order valence-corrected chi connectivity index (χ3v) is 4.42. The first kappa shape index (κ1) is 18.8. The van der Waals surface area contributed by atoms with Crippen LogP contribution < -0.4 is 10.1 Å². The highest BCUT2D eigenvalue weighted by Gasteiger charge is 2.22. The van der Waals surface area contributed by atoms with Gasteiger partial charge in [0.15, 0.2) is 0 Å². The Balaban J connectivity index is 1.55. The van der Waals surface area contributed by atoms with E-state index in [-0.39, 0.29) is 29.9 Å². The van der Waals surface area contributed by atoms with Gasteiger partial charge >= 0.3 is 5.69 Å². The van der Waals surface area contributed by atoms with E-state index in [1.807, 2.05) is 0 Å². The molecule has 2 heterocycles. The van der Waals surface area contributed by atoms with Gasteiger partial charge in [-0.15, -0.1) is 0 Å². The fourth-order valence-electron chi connectivity index (χ4n) is 3.04. The number of rotatable bonds is 7. The summed E-state index contributed by atoms with van der Waals surface area (Å²) in [5, 5.41) is 17.9. The molecule has 1 atom stereocenters. The Kier molecular flexibility index (Phi) is 5.70. The quantitative estimate of drug-likeness (QED) is 0.589. The van der Waals surface area contributed by atoms with Gasteiger partial charge in [0, 0.05) is 12.3 Å². The van der Waals surface area contributed by atoms with Crippen LogP contribution in [0.3, 0.4) is 0 Å². The lowest BCUT2D eigenvalue weighted by atomic mass is 10.2. The number of ether oxygens (including phenoxy) is 2. The van der Waals surface area contributed by atoms with Crippen molar-refractivity contribution in [2.75, 3.05) is 18.5 Å². The van der Waals surface area contributed by atoms with E-state index in [0.717, 1.165) is 19.4 Å². The third-order valence-electron chi connectivity index (χ3n) is 4.42. The Hall–Kier alpha value is -2.94. The molecule has 1 fully saturated rings. The van der Waals surface area contributed by atoms with Gasteiger partial charge in [-0.05, 0) is 51.0 Å². The van der Waals surface area contributed by atoms with Crippen molar-refractivity contribution in [3.63, 3.8) is 0 Å². The summed E-state index contributed by atoms with van der Waals surface area (Å²) in [5.74, 6) is 0.390. The number of nitrogens with zero attached hydrogens (tertiary/aromatic N) is 3. The average molecular weight is 374 g/mol. The zero-order chi connectivity index (χ0) is 19.4. The van der Waals surface area contributed by atoms with Crippen LogP contribution in [0.25, 0.3) is 0 Å². The highest BCUT2D eigenvalue weighted by molar-refractivity contribution is 5.90. The van der Waals surface area contributed by atoms with Gasteiger partial charge in [-0.2, -0.15) is 5.10 Å². The summed E-state index contributed by atoms with van der Waals surface area (Å²) in [6.45, 7) is 4.33. The highest BCUT2D eigenvalue weighted by Crippen LogP contribution is 2.22. The number of carbonyl (C=O) groups excluding carboxylic acids is 1. The van der Waals surface area contributed by atoms with Gasteiger partial charge in [0.1, 0.15) is 30.3 Å². The molecule has 1 aromatic carbocycles. The van der Waals surface area contributed by atoms with Crippen LogP contribution >= 0.6 is 0 Å². The molecule has 27 heavy (non-hydrogen) atoms. The molecule has 1 amide bonds. The summed E-state index contributed by atoms with van der Waals surface area (Å²) in [6, 6.07) is 7.04. The number of aryl methyl sites for hydroxylation is 1. The van der Waals surface area contributed by atoms with Crippen molar-refractivity contribution < 1.29 is 19.2 Å². The minimum atomic E-state index is -0.485. The minimum absolute atomic E-state index is 0.0597. The van der Waals surface area contributed by atoms with Gasteiger partial charge in [0.25, 0.3) is 0 Å². The first-order valence-electron chi connectivity index (χ1n) is 8.76. The molecule has 2 aromatic rings. The number of benzene rings is 1. The molecular formula is C18H22N4O5. The van der Waals surface area contributed by atoms with E-state index >= 15 is 0 Å². The van der Waals surface area contributed by atoms with Crippen LogP contribution in [0.15, 0.2) is 24.3 Å². The number of aromatic nitrogens is 2. The van der Waals surface area contributed by atoms with E-state index in [1.54, 1.807) is 38.1 Å². The Labute approximate surface area is 156 Å². The number of nitro groups is 1. The van der Waals surface area contributed by atoms with Crippen molar-refractivity contribution in [2.24, 2.45) is 0 Å². The molecule has 0 bridgehead atoms. The molecule has 1 N–H and O–H groups in total. The van der Waals surface area contributed by atoms with Gasteiger partial charge in [-0.3, -0.25) is 19.6 Å². The molecule has 1 aliphatic rings. The smallest absolute Gasteiger partial charge is 0.312 e. The second-order valence-electron chi connectivity index (χ2n) is 6.45. The summed E-state index contributed by atoms with van der Waals surface area (Å²) >= 11 is 0. The van der Waals surface area contributed by atoms with Gasteiger partial charge in [-0.1, -0.05) is 0 Å². The molecule has 3 rings (SSSR count). The maximum absolute atomic E-state index is 12.2. The molecule has 0 spiro atoms. The first-order valence-corrected chi connectivity index (χ1v) is 8.76. The zero-order valence-corrected chi connectivity index (χ0v) is 15.3. The molecule has 1 aromatic heterocycles. The second kappa shape index (κ2) is 8.17. The predicted molar refractivity (Wildman–Crippen MR) is 97.9 cm³/mol. The summed E-state index contributed by atoms with van der Waals surface area (Å²) in [5.41, 5.74) is 1.19. The van der Waals surface area contributed by atoms with Crippen molar-refractivity contribution in [3.8, 4) is 5.75 Å². The van der Waals surface area contributed by atoms with E-state index in [2.05, 4.69) is 10.4 Å². The van der Waals surface area contributed by atoms with E-state index in [1.165, 1.54) is 4.68 Å². The van der Waals surface area contributed by atoms with E-state index in [9.17, 15) is 14.9 Å². The van der Waals surface area contributed by atoms with Gasteiger partial charge in [-0.25, -0.2) is 0 Å². The molecule has 0 aliphatic carbocycles. The molecule has 144 valence electrons. The molecule has 0 saturated carbocycles. The molecular weight excluding hydrogens is 352 g/mol. The number of hydrogen-bond acceptors (Lipinski definition) is 6. The number of hydrogen-bond donors (Lipinski definition) is 1. The molecule has 0 radical (unpaired) electrons. The number of carbonyl (C=O) groups is 1. The summed E-state index contributed by atoms with van der Waals surface area (Å²) < 4.78 is 12.5. The van der Waals surface area contributed by atoms with Crippen LogP contribution in [0.1, 0.15) is 24.2 Å². The van der Waals surface area contributed by atoms with Crippen LogP contribution in [0.5, 0.6) is 5.75 Å². The Morgan fingerprint density at radius 1 is 1.41 bits per heavy atom. The summed E-state index contributed by atoms with van der Waals surface area (Å²) in [4.78, 5) is 22.8. The minimum Gasteiger partial charge on any atom is -0.491 e. The number of amides is 1. The van der Waals surface area contributed by atoms with Crippen molar-refractivity contribution in [1.29, 1.82) is 0 Å². The Bertz CT molecular complexity index is 825. The Morgan fingerprint density at radius 2 is 2.15 bits per heavy atom. The standard InChI is InChI=1S/C18H22N4O5/c1-12-18(22(24)25)13(2)21(20-12)10-17(23)19-14-5-7-15(8-6-14)27-11-16-4-3-9-26-16/h5-8,16H,3-4,9-11H2,1-2H3,(H,19,23). The topological polar surface area (TPSA) is 109 Å². The highest BCUT2D eigenvalue weighted by atomic mass is 16.6. The lowest BCUT2D eigenvalue weighted by Gasteiger charge is -2.12. The van der Waals surface area contributed by atoms with Gasteiger partial charge < -0.3 is 14.8 Å². The SMILES string of the molecule is Cc1nn(CC(=O)Nc2ccc(OCC3CCCO3)cc2)c(C)c1[N+](=O)[O-]. The van der Waals surface area contributed by atoms with Crippen LogP contribution in [0.4, 0.5) is 11.4 Å². The van der Waals surface area contributed by atoms with Gasteiger partial charge in [0.2, 0.25) is 5.91 Å². The maximum atomic E-state index is 12.2. The fourth-order valence-corrected chi connectivity index (χ4v) is 3.04. The monoisotopic (exact) mass is 374 g/mol. The Morgan fingerprint density at radius 3 is 2.74 bits per heavy atom. The van der Waals surface area contributed by atoms with E-state index in [0.29, 0.717) is 23.7 Å². The van der Waals surface area contributed by atoms with Crippen LogP contribution in [-0.2, 0) is 16.1 Å². The largest absolute Gasteiger partial charge is 0.491 e. The van der Waals surface area contributed by atoms with Crippen LogP contribution in [-0.4, -0.2) is 39.9 Å². The lowest BCUT2D eigenvalue weighted by molar-refractivity contribution is -0.386. The predicted octanol–water partition coefficient (Wildman–Crippen LogP) is 2.60. The number of anilines is 1. The van der Waals surface area contributed by atoms with E-state index < -0.39 is 4.92 Å². The van der Waals surface area contributed by atoms with E-state index in [4.69, 9.17) is 9.47 Å². The lowest BCUT2D eigenvalue weighted by Crippen LogP contribution is -2.20. The fraction of sp³-hybridized carbons (Fsp3) is 0.444. The summed E-state index contributed by atoms with van der Waals surface area (Å²) in [7, 11) is 0. The first-order chi connectivity index (χ1) is 12.9. The normalized spacial score (nSPS) is 16.3. The molecule has 9 nitrogen and oxygen atoms in total. The zero-order valence-electron chi connectivity index (χ0n) is 15.3. The molecule has 9 heteroatoms. The van der Waals surface area contributed by atoms with Crippen molar-refractivity contribution in [3.05, 3.63) is 45.8 Å². The average Bonchev–Trinajstić information content (AvgIpc) is 3.22.